The van der Waals surface area contributed by atoms with Gasteiger partial charge in [0.05, 0.1) is 0 Å². The number of hydrogen-bond donors (Lipinski definition) is 2. The molecule has 1 aromatic heterocycles. The molecule has 112 valence electrons. The number of thiophene rings is 1. The third-order valence-electron chi connectivity index (χ3n) is 2.95. The molecule has 1 aromatic carbocycles. The van der Waals surface area contributed by atoms with Crippen molar-refractivity contribution < 1.29 is 18.3 Å². The molecule has 1 heterocycles. The molecular formula is C14H15NO4S2. The van der Waals surface area contributed by atoms with Crippen molar-refractivity contribution in [1.82, 2.24) is 4.72 Å². The molecule has 0 aliphatic heterocycles. The lowest BCUT2D eigenvalue weighted by Crippen LogP contribution is -2.22. The van der Waals surface area contributed by atoms with Crippen LogP contribution in [0.4, 0.5) is 0 Å². The fourth-order valence-corrected chi connectivity index (χ4v) is 3.93. The minimum absolute atomic E-state index is 0.00248. The Balaban J connectivity index is 2.07. The molecule has 21 heavy (non-hydrogen) atoms. The molecule has 0 amide bonds. The van der Waals surface area contributed by atoms with E-state index in [1.807, 2.05) is 24.3 Å². The normalized spacial score (nSPS) is 11.5. The molecule has 7 heteroatoms. The molecule has 0 saturated carbocycles. The van der Waals surface area contributed by atoms with Gasteiger partial charge in [-0.25, -0.2) is 17.9 Å². The van der Waals surface area contributed by atoms with Crippen LogP contribution in [0.1, 0.15) is 27.7 Å². The van der Waals surface area contributed by atoms with Crippen LogP contribution in [0.5, 0.6) is 0 Å². The largest absolute Gasteiger partial charge is 0.477 e. The molecule has 0 aliphatic rings. The molecule has 0 aliphatic carbocycles. The maximum atomic E-state index is 12.1. The summed E-state index contributed by atoms with van der Waals surface area (Å²) in [7, 11) is -3.68. The summed E-state index contributed by atoms with van der Waals surface area (Å²) < 4.78 is 26.6. The van der Waals surface area contributed by atoms with Crippen LogP contribution >= 0.6 is 11.3 Å². The van der Waals surface area contributed by atoms with Gasteiger partial charge >= 0.3 is 5.97 Å². The van der Waals surface area contributed by atoms with Crippen LogP contribution in [0.3, 0.4) is 0 Å². The van der Waals surface area contributed by atoms with Crippen LogP contribution < -0.4 is 4.72 Å². The topological polar surface area (TPSA) is 83.5 Å². The molecule has 0 fully saturated rings. The number of carboxylic acid groups (broad SMARTS) is 1. The first-order valence-electron chi connectivity index (χ1n) is 6.33. The lowest BCUT2D eigenvalue weighted by Gasteiger charge is -2.05. The highest BCUT2D eigenvalue weighted by molar-refractivity contribution is 7.91. The fourth-order valence-electron chi connectivity index (χ4n) is 1.72. The quantitative estimate of drug-likeness (QED) is 0.854. The molecule has 0 saturated heterocycles. The second kappa shape index (κ2) is 6.38. The van der Waals surface area contributed by atoms with Crippen molar-refractivity contribution in [3.63, 3.8) is 0 Å². The van der Waals surface area contributed by atoms with Gasteiger partial charge in [0.2, 0.25) is 10.0 Å². The molecule has 0 bridgehead atoms. The van der Waals surface area contributed by atoms with Gasteiger partial charge < -0.3 is 5.11 Å². The van der Waals surface area contributed by atoms with Crippen LogP contribution in [0.2, 0.25) is 0 Å². The van der Waals surface area contributed by atoms with Crippen molar-refractivity contribution in [3.8, 4) is 0 Å². The van der Waals surface area contributed by atoms with Crippen LogP contribution in [-0.4, -0.2) is 19.5 Å². The average Bonchev–Trinajstić information content (AvgIpc) is 2.97. The van der Waals surface area contributed by atoms with Crippen molar-refractivity contribution in [2.45, 2.75) is 24.1 Å². The maximum absolute atomic E-state index is 12.1. The third-order valence-corrected chi connectivity index (χ3v) is 5.92. The summed E-state index contributed by atoms with van der Waals surface area (Å²) in [5, 5.41) is 8.82. The van der Waals surface area contributed by atoms with E-state index in [1.165, 1.54) is 17.7 Å². The van der Waals surface area contributed by atoms with Gasteiger partial charge in [-0.1, -0.05) is 31.2 Å². The van der Waals surface area contributed by atoms with E-state index in [2.05, 4.69) is 11.6 Å². The first-order valence-corrected chi connectivity index (χ1v) is 8.63. The molecule has 0 atom stereocenters. The first kappa shape index (κ1) is 15.7. The van der Waals surface area contributed by atoms with Gasteiger partial charge in [-0.05, 0) is 29.7 Å². The van der Waals surface area contributed by atoms with Crippen LogP contribution in [0, 0.1) is 0 Å². The Labute approximate surface area is 127 Å². The van der Waals surface area contributed by atoms with Gasteiger partial charge in [-0.2, -0.15) is 0 Å². The maximum Gasteiger partial charge on any atom is 0.345 e. The zero-order chi connectivity index (χ0) is 15.5. The molecular weight excluding hydrogens is 310 g/mol. The lowest BCUT2D eigenvalue weighted by molar-refractivity contribution is 0.0702. The standard InChI is InChI=1S/C14H15NO4S2/c1-2-10-3-5-11(6-4-10)9-15-21(18,19)13-8-7-12(20-13)14(16)17/h3-8,15H,2,9H2,1H3,(H,16,17). The highest BCUT2D eigenvalue weighted by Crippen LogP contribution is 2.21. The zero-order valence-electron chi connectivity index (χ0n) is 11.4. The summed E-state index contributed by atoms with van der Waals surface area (Å²) in [6, 6.07) is 10.2. The minimum atomic E-state index is -3.68. The van der Waals surface area contributed by atoms with Crippen molar-refractivity contribution in [3.05, 3.63) is 52.4 Å². The number of aromatic carboxylic acids is 1. The van der Waals surface area contributed by atoms with Crippen LogP contribution in [0.15, 0.2) is 40.6 Å². The Morgan fingerprint density at radius 2 is 1.76 bits per heavy atom. The average molecular weight is 325 g/mol. The highest BCUT2D eigenvalue weighted by atomic mass is 32.2. The van der Waals surface area contributed by atoms with Crippen molar-refractivity contribution in [2.75, 3.05) is 0 Å². The van der Waals surface area contributed by atoms with Gasteiger partial charge in [0, 0.05) is 6.54 Å². The van der Waals surface area contributed by atoms with Crippen molar-refractivity contribution >= 4 is 27.3 Å². The fraction of sp³-hybridized carbons (Fsp3) is 0.214. The van der Waals surface area contributed by atoms with E-state index < -0.39 is 16.0 Å². The molecule has 5 nitrogen and oxygen atoms in total. The van der Waals surface area contributed by atoms with E-state index in [0.29, 0.717) is 0 Å². The number of nitrogens with one attached hydrogen (secondary N) is 1. The molecule has 2 aromatic rings. The summed E-state index contributed by atoms with van der Waals surface area (Å²) in [5.74, 6) is -1.13. The monoisotopic (exact) mass is 325 g/mol. The first-order chi connectivity index (χ1) is 9.92. The molecule has 0 unspecified atom stereocenters. The predicted molar refractivity (Wildman–Crippen MR) is 81.1 cm³/mol. The van der Waals surface area contributed by atoms with E-state index in [9.17, 15) is 13.2 Å². The molecule has 2 N–H and O–H groups in total. The van der Waals surface area contributed by atoms with E-state index in [-0.39, 0.29) is 15.6 Å². The third kappa shape index (κ3) is 3.90. The second-order valence-electron chi connectivity index (χ2n) is 4.42. The second-order valence-corrected chi connectivity index (χ2v) is 7.50. The summed E-state index contributed by atoms with van der Waals surface area (Å²) >= 11 is 0.739. The van der Waals surface area contributed by atoms with Crippen LogP contribution in [0.25, 0.3) is 0 Å². The number of hydrogen-bond acceptors (Lipinski definition) is 4. The predicted octanol–water partition coefficient (Wildman–Crippen LogP) is 2.49. The van der Waals surface area contributed by atoms with E-state index in [0.717, 1.165) is 23.3 Å². The van der Waals surface area contributed by atoms with E-state index in [1.54, 1.807) is 0 Å². The SMILES string of the molecule is CCc1ccc(CNS(=O)(=O)c2ccc(C(=O)O)s2)cc1. The number of carbonyl (C=O) groups is 1. The van der Waals surface area contributed by atoms with Crippen molar-refractivity contribution in [2.24, 2.45) is 0 Å². The number of benzene rings is 1. The Bertz CT molecular complexity index is 733. The van der Waals surface area contributed by atoms with Crippen molar-refractivity contribution in [1.29, 1.82) is 0 Å². The van der Waals surface area contributed by atoms with Gasteiger partial charge in [0.25, 0.3) is 0 Å². The smallest absolute Gasteiger partial charge is 0.345 e. The summed E-state index contributed by atoms with van der Waals surface area (Å²) in [6.07, 6.45) is 0.930. The van der Waals surface area contributed by atoms with Crippen LogP contribution in [-0.2, 0) is 23.0 Å². The Morgan fingerprint density at radius 1 is 1.14 bits per heavy atom. The summed E-state index contributed by atoms with van der Waals surface area (Å²) in [5.41, 5.74) is 2.04. The van der Waals surface area contributed by atoms with E-state index >= 15 is 0 Å². The molecule has 0 spiro atoms. The summed E-state index contributed by atoms with van der Waals surface area (Å²) in [4.78, 5) is 10.8. The van der Waals surface area contributed by atoms with E-state index in [4.69, 9.17) is 5.11 Å². The number of rotatable bonds is 6. The molecule has 0 radical (unpaired) electrons. The Morgan fingerprint density at radius 3 is 2.29 bits per heavy atom. The molecule has 2 rings (SSSR count). The van der Waals surface area contributed by atoms with Gasteiger partial charge in [-0.3, -0.25) is 0 Å². The van der Waals surface area contributed by atoms with Gasteiger partial charge in [0.1, 0.15) is 9.09 Å². The number of carboxylic acids is 1. The summed E-state index contributed by atoms with van der Waals surface area (Å²) in [6.45, 7) is 2.22. The lowest BCUT2D eigenvalue weighted by atomic mass is 10.1. The van der Waals surface area contributed by atoms with Gasteiger partial charge in [-0.15, -0.1) is 11.3 Å². The number of aryl methyl sites for hydroxylation is 1. The minimum Gasteiger partial charge on any atom is -0.477 e. The highest BCUT2D eigenvalue weighted by Gasteiger charge is 2.18. The van der Waals surface area contributed by atoms with Gasteiger partial charge in [0.15, 0.2) is 0 Å². The Hall–Kier alpha value is -1.70. The zero-order valence-corrected chi connectivity index (χ0v) is 13.0. The number of sulfonamides is 1. The Kier molecular flexibility index (Phi) is 4.76.